The number of para-hydroxylation sites is 3. The number of fused-ring (bicyclic) bond motifs is 7. The molecule has 7 aromatic carbocycles. The van der Waals surface area contributed by atoms with Gasteiger partial charge in [-0.15, -0.1) is 0 Å². The van der Waals surface area contributed by atoms with Gasteiger partial charge >= 0.3 is 0 Å². The van der Waals surface area contributed by atoms with Gasteiger partial charge in [0.1, 0.15) is 11.2 Å². The molecule has 232 valence electrons. The van der Waals surface area contributed by atoms with Crippen molar-refractivity contribution in [2.24, 2.45) is 0 Å². The van der Waals surface area contributed by atoms with Gasteiger partial charge in [0, 0.05) is 45.2 Å². The van der Waals surface area contributed by atoms with E-state index in [1.54, 1.807) is 0 Å². The molecule has 0 fully saturated rings. The minimum Gasteiger partial charge on any atom is -0.456 e. The average molecular weight is 629 g/mol. The van der Waals surface area contributed by atoms with Crippen LogP contribution in [0.5, 0.6) is 0 Å². The molecule has 2 aliphatic rings. The Labute approximate surface area is 285 Å². The second-order valence-electron chi connectivity index (χ2n) is 12.9. The molecule has 1 aromatic heterocycles. The van der Waals surface area contributed by atoms with Gasteiger partial charge in [-0.05, 0) is 76.5 Å². The topological polar surface area (TPSA) is 19.6 Å². The summed E-state index contributed by atoms with van der Waals surface area (Å²) in [4.78, 5) is 5.00. The van der Waals surface area contributed by atoms with Crippen LogP contribution >= 0.6 is 0 Å². The van der Waals surface area contributed by atoms with Crippen molar-refractivity contribution in [3.05, 3.63) is 193 Å². The zero-order valence-electron chi connectivity index (χ0n) is 26.8. The lowest BCUT2D eigenvalue weighted by Gasteiger charge is -2.37. The Morgan fingerprint density at radius 2 is 1.27 bits per heavy atom. The van der Waals surface area contributed by atoms with Crippen molar-refractivity contribution in [2.75, 3.05) is 9.80 Å². The first kappa shape index (κ1) is 27.8. The molecule has 0 N–H and O–H groups in total. The molecule has 0 radical (unpaired) electrons. The van der Waals surface area contributed by atoms with E-state index in [1.165, 1.54) is 44.5 Å². The van der Waals surface area contributed by atoms with Gasteiger partial charge in [0.05, 0.1) is 17.6 Å². The third-order valence-electron chi connectivity index (χ3n) is 10.2. The van der Waals surface area contributed by atoms with E-state index in [1.807, 2.05) is 6.07 Å². The molecular formula is C46H32N2O. The molecule has 2 heterocycles. The Balaban J connectivity index is 1.23. The summed E-state index contributed by atoms with van der Waals surface area (Å²) in [5.74, 6) is 0.0695. The van der Waals surface area contributed by atoms with Gasteiger partial charge in [0.25, 0.3) is 0 Å². The summed E-state index contributed by atoms with van der Waals surface area (Å²) < 4.78 is 6.48. The molecule has 0 spiro atoms. The van der Waals surface area contributed by atoms with E-state index in [4.69, 9.17) is 4.42 Å². The van der Waals surface area contributed by atoms with Crippen molar-refractivity contribution in [3.8, 4) is 11.1 Å². The Hall–Kier alpha value is -6.32. The van der Waals surface area contributed by atoms with Crippen LogP contribution in [0, 0.1) is 0 Å². The van der Waals surface area contributed by atoms with Crippen LogP contribution in [0.25, 0.3) is 43.8 Å². The standard InChI is InChI=1S/C46H32N2O/c1-3-14-31(15-4-1)36-20-9-11-22-40(36)48(35-26-27-38-37-21-10-12-25-44(37)49-45(38)30-35)42-24-13-23-41-46(42)39-28-32-16-7-8-17-33(32)29-43(39)47(41)34-18-5-2-6-19-34/h1-30,41,46H. The van der Waals surface area contributed by atoms with Gasteiger partial charge < -0.3 is 14.2 Å². The van der Waals surface area contributed by atoms with Crippen molar-refractivity contribution >= 4 is 55.5 Å². The first-order valence-electron chi connectivity index (χ1n) is 16.9. The van der Waals surface area contributed by atoms with E-state index in [2.05, 4.69) is 186 Å². The van der Waals surface area contributed by atoms with Crippen LogP contribution in [0.15, 0.2) is 192 Å². The first-order valence-corrected chi connectivity index (χ1v) is 16.9. The predicted octanol–water partition coefficient (Wildman–Crippen LogP) is 12.3. The maximum atomic E-state index is 6.48. The minimum atomic E-state index is 0.0695. The smallest absolute Gasteiger partial charge is 0.137 e. The lowest BCUT2D eigenvalue weighted by molar-refractivity contribution is 0.668. The highest BCUT2D eigenvalue weighted by Gasteiger charge is 2.43. The summed E-state index contributed by atoms with van der Waals surface area (Å²) in [5, 5.41) is 4.76. The number of nitrogens with zero attached hydrogens (tertiary/aromatic N) is 2. The molecule has 10 rings (SSSR count). The summed E-state index contributed by atoms with van der Waals surface area (Å²) in [7, 11) is 0. The monoisotopic (exact) mass is 628 g/mol. The molecule has 1 aliphatic heterocycles. The number of allylic oxidation sites excluding steroid dienone is 2. The number of hydrogen-bond acceptors (Lipinski definition) is 3. The average Bonchev–Trinajstić information content (AvgIpc) is 3.70. The molecule has 3 nitrogen and oxygen atoms in total. The third-order valence-corrected chi connectivity index (χ3v) is 10.2. The molecule has 0 bridgehead atoms. The second kappa shape index (κ2) is 11.1. The van der Waals surface area contributed by atoms with E-state index in [-0.39, 0.29) is 12.0 Å². The number of anilines is 4. The number of benzene rings is 7. The fourth-order valence-electron chi connectivity index (χ4n) is 8.03. The third kappa shape index (κ3) is 4.43. The summed E-state index contributed by atoms with van der Waals surface area (Å²) in [5.41, 5.74) is 11.3. The molecule has 1 aliphatic carbocycles. The summed E-state index contributed by atoms with van der Waals surface area (Å²) in [6.07, 6.45) is 6.94. The summed E-state index contributed by atoms with van der Waals surface area (Å²) in [6.45, 7) is 0. The van der Waals surface area contributed by atoms with Crippen LogP contribution < -0.4 is 9.80 Å². The van der Waals surface area contributed by atoms with Gasteiger partial charge in [-0.3, -0.25) is 0 Å². The largest absolute Gasteiger partial charge is 0.456 e. The van der Waals surface area contributed by atoms with Crippen LogP contribution in [-0.4, -0.2) is 6.04 Å². The van der Waals surface area contributed by atoms with Crippen LogP contribution in [-0.2, 0) is 0 Å². The Bertz CT molecular complexity index is 2580. The Morgan fingerprint density at radius 3 is 2.12 bits per heavy atom. The quantitative estimate of drug-likeness (QED) is 0.189. The highest BCUT2D eigenvalue weighted by atomic mass is 16.3. The van der Waals surface area contributed by atoms with Crippen LogP contribution in [0.1, 0.15) is 11.5 Å². The zero-order valence-corrected chi connectivity index (χ0v) is 26.8. The Kier molecular flexibility index (Phi) is 6.31. The van der Waals surface area contributed by atoms with Crippen molar-refractivity contribution in [1.29, 1.82) is 0 Å². The SMILES string of the molecule is C1=CC2C(C(N(c3ccc4c(c3)oc3ccccc34)c3ccccc3-c3ccccc3)=C1)c1cc3ccccc3cc1N2c1ccccc1. The van der Waals surface area contributed by atoms with Gasteiger partial charge in [-0.25, -0.2) is 0 Å². The van der Waals surface area contributed by atoms with Crippen LogP contribution in [0.2, 0.25) is 0 Å². The van der Waals surface area contributed by atoms with E-state index in [0.29, 0.717) is 0 Å². The van der Waals surface area contributed by atoms with Crippen molar-refractivity contribution in [1.82, 2.24) is 0 Å². The molecule has 0 amide bonds. The molecule has 3 heteroatoms. The van der Waals surface area contributed by atoms with Gasteiger partial charge in [0.15, 0.2) is 0 Å². The molecule has 0 saturated carbocycles. The number of rotatable bonds is 5. The molecular weight excluding hydrogens is 597 g/mol. The number of furan rings is 1. The highest BCUT2D eigenvalue weighted by Crippen LogP contribution is 2.54. The van der Waals surface area contributed by atoms with E-state index < -0.39 is 0 Å². The van der Waals surface area contributed by atoms with E-state index in [9.17, 15) is 0 Å². The fraction of sp³-hybridized carbons (Fsp3) is 0.0435. The van der Waals surface area contributed by atoms with Gasteiger partial charge in [-0.1, -0.05) is 121 Å². The molecule has 2 atom stereocenters. The lowest BCUT2D eigenvalue weighted by atomic mass is 9.85. The van der Waals surface area contributed by atoms with Gasteiger partial charge in [0.2, 0.25) is 0 Å². The van der Waals surface area contributed by atoms with Crippen LogP contribution in [0.4, 0.5) is 22.7 Å². The van der Waals surface area contributed by atoms with Crippen molar-refractivity contribution in [3.63, 3.8) is 0 Å². The number of hydrogen-bond donors (Lipinski definition) is 0. The molecule has 49 heavy (non-hydrogen) atoms. The Morgan fingerprint density at radius 1 is 0.571 bits per heavy atom. The molecule has 0 saturated heterocycles. The summed E-state index contributed by atoms with van der Waals surface area (Å²) in [6, 6.07) is 58.9. The maximum Gasteiger partial charge on any atom is 0.137 e. The fourth-order valence-corrected chi connectivity index (χ4v) is 8.03. The van der Waals surface area contributed by atoms with Crippen LogP contribution in [0.3, 0.4) is 0 Å². The normalized spacial score (nSPS) is 16.6. The van der Waals surface area contributed by atoms with Gasteiger partial charge in [-0.2, -0.15) is 0 Å². The second-order valence-corrected chi connectivity index (χ2v) is 12.9. The van der Waals surface area contributed by atoms with E-state index in [0.717, 1.165) is 33.3 Å². The van der Waals surface area contributed by atoms with Crippen molar-refractivity contribution in [2.45, 2.75) is 12.0 Å². The first-order chi connectivity index (χ1) is 24.3. The minimum absolute atomic E-state index is 0.0695. The maximum absolute atomic E-state index is 6.48. The molecule has 2 unspecified atom stereocenters. The summed E-state index contributed by atoms with van der Waals surface area (Å²) >= 11 is 0. The van der Waals surface area contributed by atoms with Crippen molar-refractivity contribution < 1.29 is 4.42 Å². The predicted molar refractivity (Wildman–Crippen MR) is 204 cm³/mol. The lowest BCUT2D eigenvalue weighted by Crippen LogP contribution is -2.34. The highest BCUT2D eigenvalue weighted by molar-refractivity contribution is 6.06. The zero-order chi connectivity index (χ0) is 32.3. The molecule has 8 aromatic rings. The van der Waals surface area contributed by atoms with E-state index >= 15 is 0 Å².